The lowest BCUT2D eigenvalue weighted by Gasteiger charge is -2.33. The monoisotopic (exact) mass is 268 g/mol. The van der Waals surface area contributed by atoms with Crippen molar-refractivity contribution >= 4 is 11.6 Å². The molecule has 0 aliphatic carbocycles. The molecule has 102 valence electrons. The summed E-state index contributed by atoms with van der Waals surface area (Å²) in [5, 5.41) is 10.7. The van der Waals surface area contributed by atoms with E-state index < -0.39 is 16.6 Å². The summed E-state index contributed by atoms with van der Waals surface area (Å²) in [4.78, 5) is 23.7. The molecule has 1 aromatic rings. The van der Waals surface area contributed by atoms with Gasteiger partial charge in [-0.15, -0.1) is 0 Å². The molecule has 0 saturated carbocycles. The zero-order valence-electron chi connectivity index (χ0n) is 10.3. The molecule has 2 rings (SSSR count). The molecule has 7 heteroatoms. The summed E-state index contributed by atoms with van der Waals surface area (Å²) in [5.74, 6) is -1.30. The molecule has 19 heavy (non-hydrogen) atoms. The van der Waals surface area contributed by atoms with Crippen LogP contribution in [0.1, 0.15) is 17.3 Å². The van der Waals surface area contributed by atoms with Crippen LogP contribution in [0.3, 0.4) is 0 Å². The molecular weight excluding hydrogens is 255 g/mol. The minimum Gasteiger partial charge on any atom is -0.377 e. The number of rotatable bonds is 2. The molecule has 1 fully saturated rings. The van der Waals surface area contributed by atoms with E-state index >= 15 is 0 Å². The van der Waals surface area contributed by atoms with Gasteiger partial charge in [-0.2, -0.15) is 0 Å². The van der Waals surface area contributed by atoms with Crippen LogP contribution in [0.5, 0.6) is 0 Å². The van der Waals surface area contributed by atoms with Crippen LogP contribution in [0.2, 0.25) is 0 Å². The van der Waals surface area contributed by atoms with Crippen molar-refractivity contribution in [3.8, 4) is 0 Å². The third-order valence-corrected chi connectivity index (χ3v) is 3.02. The highest BCUT2D eigenvalue weighted by Crippen LogP contribution is 2.20. The summed E-state index contributed by atoms with van der Waals surface area (Å²) in [6, 6.07) is 2.77. The average molecular weight is 268 g/mol. The third-order valence-electron chi connectivity index (χ3n) is 3.02. The Morgan fingerprint density at radius 1 is 1.58 bits per heavy atom. The lowest BCUT2D eigenvalue weighted by atomic mass is 10.1. The van der Waals surface area contributed by atoms with Crippen LogP contribution in [0.25, 0.3) is 0 Å². The van der Waals surface area contributed by atoms with Crippen LogP contribution in [-0.4, -0.2) is 41.5 Å². The SMILES string of the molecule is C[C@@H]1COCCN1C(=O)c1cc([N+](=O)[O-])ccc1F. The summed E-state index contributed by atoms with van der Waals surface area (Å²) < 4.78 is 18.9. The molecule has 1 amide bonds. The fourth-order valence-corrected chi connectivity index (χ4v) is 1.97. The number of hydrogen-bond donors (Lipinski definition) is 0. The molecule has 1 aliphatic rings. The highest BCUT2D eigenvalue weighted by molar-refractivity contribution is 5.95. The fraction of sp³-hybridized carbons (Fsp3) is 0.417. The number of carbonyl (C=O) groups is 1. The molecule has 1 saturated heterocycles. The van der Waals surface area contributed by atoms with E-state index in [-0.39, 0.29) is 17.3 Å². The van der Waals surface area contributed by atoms with Gasteiger partial charge in [-0.05, 0) is 13.0 Å². The van der Waals surface area contributed by atoms with Gasteiger partial charge >= 0.3 is 0 Å². The number of ether oxygens (including phenoxy) is 1. The Labute approximate surface area is 108 Å². The summed E-state index contributed by atoms with van der Waals surface area (Å²) in [7, 11) is 0. The van der Waals surface area contributed by atoms with Gasteiger partial charge in [0.05, 0.1) is 29.7 Å². The Morgan fingerprint density at radius 3 is 2.95 bits per heavy atom. The second kappa shape index (κ2) is 5.31. The van der Waals surface area contributed by atoms with Gasteiger partial charge in [0.1, 0.15) is 5.82 Å². The predicted octanol–water partition coefficient (Wildman–Crippen LogP) is 1.59. The van der Waals surface area contributed by atoms with Gasteiger partial charge in [0.25, 0.3) is 11.6 Å². The molecule has 1 heterocycles. The molecule has 1 atom stereocenters. The van der Waals surface area contributed by atoms with Crippen molar-refractivity contribution < 1.29 is 18.8 Å². The van der Waals surface area contributed by atoms with Crippen molar-refractivity contribution in [2.24, 2.45) is 0 Å². The number of non-ortho nitro benzene ring substituents is 1. The number of carbonyl (C=O) groups excluding carboxylic acids is 1. The highest BCUT2D eigenvalue weighted by Gasteiger charge is 2.27. The quantitative estimate of drug-likeness (QED) is 0.603. The highest BCUT2D eigenvalue weighted by atomic mass is 19.1. The number of halogens is 1. The van der Waals surface area contributed by atoms with Crippen molar-refractivity contribution in [3.63, 3.8) is 0 Å². The second-order valence-corrected chi connectivity index (χ2v) is 4.34. The molecular formula is C12H13FN2O4. The second-order valence-electron chi connectivity index (χ2n) is 4.34. The smallest absolute Gasteiger partial charge is 0.270 e. The molecule has 1 aromatic carbocycles. The fourth-order valence-electron chi connectivity index (χ4n) is 1.97. The first kappa shape index (κ1) is 13.4. The first-order valence-corrected chi connectivity index (χ1v) is 5.83. The minimum absolute atomic E-state index is 0.181. The maximum absolute atomic E-state index is 13.7. The molecule has 0 spiro atoms. The van der Waals surface area contributed by atoms with E-state index in [9.17, 15) is 19.3 Å². The number of morpholine rings is 1. The van der Waals surface area contributed by atoms with Crippen LogP contribution in [0.15, 0.2) is 18.2 Å². The standard InChI is InChI=1S/C12H13FN2O4/c1-8-7-19-5-4-14(8)12(16)10-6-9(15(17)18)2-3-11(10)13/h2-3,6,8H,4-5,7H2,1H3/t8-/m1/s1. The zero-order chi connectivity index (χ0) is 14.0. The van der Waals surface area contributed by atoms with Crippen LogP contribution in [0, 0.1) is 15.9 Å². The predicted molar refractivity (Wildman–Crippen MR) is 64.4 cm³/mol. The number of nitro groups is 1. The van der Waals surface area contributed by atoms with Gasteiger partial charge in [0.15, 0.2) is 0 Å². The van der Waals surface area contributed by atoms with Gasteiger partial charge in [0, 0.05) is 18.7 Å². The first-order chi connectivity index (χ1) is 9.00. The van der Waals surface area contributed by atoms with Crippen molar-refractivity contribution in [2.75, 3.05) is 19.8 Å². The number of benzene rings is 1. The van der Waals surface area contributed by atoms with Gasteiger partial charge in [-0.1, -0.05) is 0 Å². The molecule has 0 N–H and O–H groups in total. The number of amides is 1. The summed E-state index contributed by atoms with van der Waals surface area (Å²) in [6.45, 7) is 2.89. The van der Waals surface area contributed by atoms with E-state index in [0.29, 0.717) is 19.8 Å². The molecule has 1 aliphatic heterocycles. The zero-order valence-corrected chi connectivity index (χ0v) is 10.3. The summed E-state index contributed by atoms with van der Waals surface area (Å²) in [5.41, 5.74) is -0.575. The Balaban J connectivity index is 2.32. The molecule has 0 bridgehead atoms. The van der Waals surface area contributed by atoms with Gasteiger partial charge in [-0.3, -0.25) is 14.9 Å². The van der Waals surface area contributed by atoms with E-state index in [1.54, 1.807) is 6.92 Å². The van der Waals surface area contributed by atoms with Gasteiger partial charge in [0.2, 0.25) is 0 Å². The molecule has 6 nitrogen and oxygen atoms in total. The van der Waals surface area contributed by atoms with E-state index in [2.05, 4.69) is 0 Å². The van der Waals surface area contributed by atoms with Crippen molar-refractivity contribution in [1.29, 1.82) is 0 Å². The van der Waals surface area contributed by atoms with Crippen LogP contribution in [-0.2, 0) is 4.74 Å². The van der Waals surface area contributed by atoms with E-state index in [1.165, 1.54) is 4.90 Å². The molecule has 0 aromatic heterocycles. The third kappa shape index (κ3) is 2.70. The van der Waals surface area contributed by atoms with Crippen molar-refractivity contribution in [3.05, 3.63) is 39.7 Å². The lowest BCUT2D eigenvalue weighted by Crippen LogP contribution is -2.47. The van der Waals surface area contributed by atoms with Crippen LogP contribution < -0.4 is 0 Å². The Bertz CT molecular complexity index is 520. The first-order valence-electron chi connectivity index (χ1n) is 5.83. The lowest BCUT2D eigenvalue weighted by molar-refractivity contribution is -0.384. The Kier molecular flexibility index (Phi) is 3.75. The van der Waals surface area contributed by atoms with Gasteiger partial charge < -0.3 is 9.64 Å². The van der Waals surface area contributed by atoms with Crippen molar-refractivity contribution in [2.45, 2.75) is 13.0 Å². The largest absolute Gasteiger partial charge is 0.377 e. The summed E-state index contributed by atoms with van der Waals surface area (Å²) >= 11 is 0. The van der Waals surface area contributed by atoms with Crippen molar-refractivity contribution in [1.82, 2.24) is 4.90 Å². The van der Waals surface area contributed by atoms with E-state index in [1.807, 2.05) is 0 Å². The van der Waals surface area contributed by atoms with Crippen LogP contribution in [0.4, 0.5) is 10.1 Å². The maximum atomic E-state index is 13.7. The normalized spacial score (nSPS) is 19.3. The number of nitro benzene ring substituents is 1. The van der Waals surface area contributed by atoms with E-state index in [4.69, 9.17) is 4.74 Å². The minimum atomic E-state index is -0.755. The maximum Gasteiger partial charge on any atom is 0.270 e. The topological polar surface area (TPSA) is 72.7 Å². The number of nitrogens with zero attached hydrogens (tertiary/aromatic N) is 2. The average Bonchev–Trinajstić information content (AvgIpc) is 2.38. The van der Waals surface area contributed by atoms with E-state index in [0.717, 1.165) is 18.2 Å². The molecule has 0 radical (unpaired) electrons. The molecule has 0 unspecified atom stereocenters. The van der Waals surface area contributed by atoms with Gasteiger partial charge in [-0.25, -0.2) is 4.39 Å². The Hall–Kier alpha value is -2.02. The Morgan fingerprint density at radius 2 is 2.32 bits per heavy atom. The van der Waals surface area contributed by atoms with Crippen LogP contribution >= 0.6 is 0 Å². The number of hydrogen-bond acceptors (Lipinski definition) is 4. The summed E-state index contributed by atoms with van der Waals surface area (Å²) in [6.07, 6.45) is 0.